The third-order valence-corrected chi connectivity index (χ3v) is 3.52. The number of benzene rings is 1. The third-order valence-electron chi connectivity index (χ3n) is 3.52. The molecule has 0 spiro atoms. The zero-order valence-electron chi connectivity index (χ0n) is 11.8. The van der Waals surface area contributed by atoms with Crippen molar-refractivity contribution in [2.45, 2.75) is 18.9 Å². The minimum atomic E-state index is -0.511. The highest BCUT2D eigenvalue weighted by molar-refractivity contribution is 5.94. The zero-order valence-corrected chi connectivity index (χ0v) is 11.8. The molecule has 22 heavy (non-hydrogen) atoms. The first-order valence-electron chi connectivity index (χ1n) is 7.08. The van der Waals surface area contributed by atoms with Crippen LogP contribution in [-0.4, -0.2) is 40.0 Å². The largest absolute Gasteiger partial charge is 0.504 e. The molecule has 1 amide bonds. The Kier molecular flexibility index (Phi) is 4.06. The Labute approximate surface area is 126 Å². The maximum atomic E-state index is 13.7. The second kappa shape index (κ2) is 6.15. The third kappa shape index (κ3) is 2.94. The summed E-state index contributed by atoms with van der Waals surface area (Å²) in [6.45, 7) is 1.07. The van der Waals surface area contributed by atoms with Crippen LogP contribution in [0.1, 0.15) is 23.3 Å². The lowest BCUT2D eigenvalue weighted by atomic mass is 10.2. The number of carbonyl (C=O) groups excluding carboxylic acids is 1. The van der Waals surface area contributed by atoms with Crippen molar-refractivity contribution < 1.29 is 19.0 Å². The van der Waals surface area contributed by atoms with Crippen LogP contribution in [0.15, 0.2) is 30.5 Å². The molecular weight excluding hydrogens is 289 g/mol. The molecule has 3 rings (SSSR count). The van der Waals surface area contributed by atoms with Crippen LogP contribution in [-0.2, 0) is 4.74 Å². The normalized spacial score (nSPS) is 17.6. The Morgan fingerprint density at radius 1 is 1.50 bits per heavy atom. The van der Waals surface area contributed by atoms with E-state index in [4.69, 9.17) is 4.74 Å². The zero-order chi connectivity index (χ0) is 15.5. The lowest BCUT2D eigenvalue weighted by Gasteiger charge is -2.09. The maximum absolute atomic E-state index is 13.7. The number of aromatic hydroxyl groups is 1. The Bertz CT molecular complexity index is 680. The Balaban J connectivity index is 1.74. The number of para-hydroxylation sites is 1. The molecule has 0 radical (unpaired) electrons. The lowest BCUT2D eigenvalue weighted by Crippen LogP contribution is -2.32. The summed E-state index contributed by atoms with van der Waals surface area (Å²) < 4.78 is 20.3. The predicted octanol–water partition coefficient (Wildman–Crippen LogP) is 1.63. The van der Waals surface area contributed by atoms with Gasteiger partial charge < -0.3 is 15.2 Å². The van der Waals surface area contributed by atoms with Gasteiger partial charge in [0.1, 0.15) is 11.5 Å². The highest BCUT2D eigenvalue weighted by Gasteiger charge is 2.21. The molecule has 0 bridgehead atoms. The molecular formula is C15H16FN3O3. The summed E-state index contributed by atoms with van der Waals surface area (Å²) in [5, 5.41) is 16.5. The number of hydrogen-bond acceptors (Lipinski definition) is 4. The molecule has 1 aliphatic rings. The van der Waals surface area contributed by atoms with Crippen LogP contribution in [0.5, 0.6) is 5.75 Å². The number of amides is 1. The molecule has 0 aliphatic carbocycles. The van der Waals surface area contributed by atoms with Gasteiger partial charge in [0.15, 0.2) is 11.4 Å². The van der Waals surface area contributed by atoms with E-state index in [2.05, 4.69) is 10.4 Å². The van der Waals surface area contributed by atoms with E-state index in [0.29, 0.717) is 13.2 Å². The smallest absolute Gasteiger partial charge is 0.275 e. The van der Waals surface area contributed by atoms with Crippen LogP contribution in [0, 0.1) is 5.82 Å². The highest BCUT2D eigenvalue weighted by Crippen LogP contribution is 2.20. The van der Waals surface area contributed by atoms with Crippen LogP contribution < -0.4 is 5.32 Å². The standard InChI is InChI=1S/C15H16FN3O3/c16-11-5-1-2-6-12(11)19-9-13(20)14(18-19)15(21)17-8-10-4-3-7-22-10/h1-2,5-6,9-10,20H,3-4,7-8H2,(H,17,21)/t10-/m0/s1. The maximum Gasteiger partial charge on any atom is 0.275 e. The van der Waals surface area contributed by atoms with E-state index in [-0.39, 0.29) is 23.2 Å². The summed E-state index contributed by atoms with van der Waals surface area (Å²) in [5.41, 5.74) is 0.0252. The monoisotopic (exact) mass is 305 g/mol. The van der Waals surface area contributed by atoms with E-state index >= 15 is 0 Å². The molecule has 0 unspecified atom stereocenters. The van der Waals surface area contributed by atoms with Gasteiger partial charge in [-0.1, -0.05) is 12.1 Å². The van der Waals surface area contributed by atoms with Gasteiger partial charge in [-0.15, -0.1) is 0 Å². The van der Waals surface area contributed by atoms with Gasteiger partial charge in [0.05, 0.1) is 12.3 Å². The summed E-state index contributed by atoms with van der Waals surface area (Å²) in [6, 6.07) is 5.99. The summed E-state index contributed by atoms with van der Waals surface area (Å²) in [7, 11) is 0. The summed E-state index contributed by atoms with van der Waals surface area (Å²) in [4.78, 5) is 12.1. The topological polar surface area (TPSA) is 76.4 Å². The average Bonchev–Trinajstić information content (AvgIpc) is 3.15. The van der Waals surface area contributed by atoms with Gasteiger partial charge in [0.25, 0.3) is 5.91 Å². The van der Waals surface area contributed by atoms with E-state index in [1.807, 2.05) is 0 Å². The van der Waals surface area contributed by atoms with Crippen molar-refractivity contribution in [1.29, 1.82) is 0 Å². The first-order chi connectivity index (χ1) is 10.6. The van der Waals surface area contributed by atoms with E-state index in [1.165, 1.54) is 18.3 Å². The molecule has 6 nitrogen and oxygen atoms in total. The number of halogens is 1. The molecule has 1 atom stereocenters. The van der Waals surface area contributed by atoms with Crippen LogP contribution in [0.4, 0.5) is 4.39 Å². The van der Waals surface area contributed by atoms with Crippen LogP contribution in [0.2, 0.25) is 0 Å². The molecule has 2 heterocycles. The number of nitrogens with one attached hydrogen (secondary N) is 1. The van der Waals surface area contributed by atoms with Crippen molar-refractivity contribution in [3.05, 3.63) is 42.0 Å². The van der Waals surface area contributed by atoms with E-state index in [1.54, 1.807) is 12.1 Å². The Morgan fingerprint density at radius 2 is 2.32 bits per heavy atom. The Morgan fingerprint density at radius 3 is 3.05 bits per heavy atom. The number of ether oxygens (including phenoxy) is 1. The number of rotatable bonds is 4. The fourth-order valence-corrected chi connectivity index (χ4v) is 2.38. The van der Waals surface area contributed by atoms with Gasteiger partial charge in [-0.2, -0.15) is 5.10 Å². The summed E-state index contributed by atoms with van der Waals surface area (Å²) in [6.07, 6.45) is 3.09. The average molecular weight is 305 g/mol. The second-order valence-corrected chi connectivity index (χ2v) is 5.10. The summed E-state index contributed by atoms with van der Waals surface area (Å²) in [5.74, 6) is -1.30. The summed E-state index contributed by atoms with van der Waals surface area (Å²) >= 11 is 0. The van der Waals surface area contributed by atoms with Gasteiger partial charge in [-0.05, 0) is 25.0 Å². The van der Waals surface area contributed by atoms with E-state index in [0.717, 1.165) is 17.5 Å². The van der Waals surface area contributed by atoms with Gasteiger partial charge in [0, 0.05) is 13.2 Å². The van der Waals surface area contributed by atoms with Crippen molar-refractivity contribution >= 4 is 5.91 Å². The van der Waals surface area contributed by atoms with Gasteiger partial charge in [-0.25, -0.2) is 9.07 Å². The fraction of sp³-hybridized carbons (Fsp3) is 0.333. The molecule has 1 saturated heterocycles. The van der Waals surface area contributed by atoms with Crippen molar-refractivity contribution in [3.8, 4) is 11.4 Å². The van der Waals surface area contributed by atoms with Crippen molar-refractivity contribution in [2.24, 2.45) is 0 Å². The molecule has 2 aromatic rings. The van der Waals surface area contributed by atoms with Crippen LogP contribution in [0.3, 0.4) is 0 Å². The molecule has 1 fully saturated rings. The van der Waals surface area contributed by atoms with E-state index in [9.17, 15) is 14.3 Å². The number of aromatic nitrogens is 2. The molecule has 116 valence electrons. The Hall–Kier alpha value is -2.41. The first kappa shape index (κ1) is 14.5. The highest BCUT2D eigenvalue weighted by atomic mass is 19.1. The number of carbonyl (C=O) groups is 1. The second-order valence-electron chi connectivity index (χ2n) is 5.10. The molecule has 1 aliphatic heterocycles. The number of nitrogens with zero attached hydrogens (tertiary/aromatic N) is 2. The predicted molar refractivity (Wildman–Crippen MR) is 76.5 cm³/mol. The van der Waals surface area contributed by atoms with Gasteiger partial charge in [0.2, 0.25) is 0 Å². The van der Waals surface area contributed by atoms with Gasteiger partial charge >= 0.3 is 0 Å². The molecule has 7 heteroatoms. The quantitative estimate of drug-likeness (QED) is 0.900. The van der Waals surface area contributed by atoms with Crippen molar-refractivity contribution in [3.63, 3.8) is 0 Å². The number of hydrogen-bond donors (Lipinski definition) is 2. The van der Waals surface area contributed by atoms with E-state index < -0.39 is 11.7 Å². The molecule has 1 aromatic heterocycles. The SMILES string of the molecule is O=C(NC[C@@H]1CCCO1)c1nn(-c2ccccc2F)cc1O. The van der Waals surface area contributed by atoms with Crippen LogP contribution in [0.25, 0.3) is 5.69 Å². The van der Waals surface area contributed by atoms with Crippen molar-refractivity contribution in [1.82, 2.24) is 15.1 Å². The minimum absolute atomic E-state index is 0.000235. The lowest BCUT2D eigenvalue weighted by molar-refractivity contribution is 0.0851. The molecule has 0 saturated carbocycles. The molecule has 1 aromatic carbocycles. The first-order valence-corrected chi connectivity index (χ1v) is 7.08. The van der Waals surface area contributed by atoms with Crippen LogP contribution >= 0.6 is 0 Å². The fourth-order valence-electron chi connectivity index (χ4n) is 2.38. The minimum Gasteiger partial charge on any atom is -0.504 e. The van der Waals surface area contributed by atoms with Gasteiger partial charge in [-0.3, -0.25) is 4.79 Å². The van der Waals surface area contributed by atoms with Crippen molar-refractivity contribution in [2.75, 3.05) is 13.2 Å². The molecule has 2 N–H and O–H groups in total.